The molecule has 4 heterocycles. The Bertz CT molecular complexity index is 1350. The van der Waals surface area contributed by atoms with Crippen LogP contribution in [0, 0.1) is 13.8 Å². The molecule has 0 unspecified atom stereocenters. The summed E-state index contributed by atoms with van der Waals surface area (Å²) in [6.45, 7) is 3.92. The third-order valence-corrected chi connectivity index (χ3v) is 5.48. The van der Waals surface area contributed by atoms with Crippen molar-refractivity contribution in [1.82, 2.24) is 24.8 Å². The van der Waals surface area contributed by atoms with Gasteiger partial charge in [0.2, 0.25) is 18.4 Å². The van der Waals surface area contributed by atoms with E-state index in [1.807, 2.05) is 36.6 Å². The van der Waals surface area contributed by atoms with Crippen LogP contribution in [0.5, 0.6) is 11.5 Å². The summed E-state index contributed by atoms with van der Waals surface area (Å²) >= 11 is 0. The van der Waals surface area contributed by atoms with Crippen molar-refractivity contribution in [1.29, 1.82) is 0 Å². The molecule has 0 N–H and O–H groups in total. The van der Waals surface area contributed by atoms with Crippen molar-refractivity contribution in [3.8, 4) is 23.1 Å². The first kappa shape index (κ1) is 21.4. The van der Waals surface area contributed by atoms with Crippen molar-refractivity contribution >= 4 is 11.8 Å². The van der Waals surface area contributed by atoms with Crippen molar-refractivity contribution in [3.05, 3.63) is 65.2 Å². The van der Waals surface area contributed by atoms with Gasteiger partial charge in [-0.2, -0.15) is 4.80 Å². The van der Waals surface area contributed by atoms with E-state index in [9.17, 15) is 9.59 Å². The summed E-state index contributed by atoms with van der Waals surface area (Å²) < 4.78 is 23.2. The van der Waals surface area contributed by atoms with Crippen LogP contribution >= 0.6 is 0 Å². The van der Waals surface area contributed by atoms with Crippen molar-refractivity contribution < 1.29 is 28.2 Å². The van der Waals surface area contributed by atoms with Crippen LogP contribution in [0.1, 0.15) is 27.3 Å². The molecule has 0 aliphatic carbocycles. The summed E-state index contributed by atoms with van der Waals surface area (Å²) in [5.41, 5.74) is 3.23. The summed E-state index contributed by atoms with van der Waals surface area (Å²) in [5, 5.41) is 11.7. The Labute approximate surface area is 193 Å². The summed E-state index contributed by atoms with van der Waals surface area (Å²) in [5.74, 6) is 1.18. The van der Waals surface area contributed by atoms with Gasteiger partial charge in [0, 0.05) is 23.5 Å². The summed E-state index contributed by atoms with van der Waals surface area (Å²) in [7, 11) is 0. The van der Waals surface area contributed by atoms with Crippen LogP contribution in [-0.4, -0.2) is 49.9 Å². The molecule has 0 saturated carbocycles. The molecule has 5 rings (SSSR count). The highest BCUT2D eigenvalue weighted by molar-refractivity contribution is 5.99. The number of tetrazole rings is 1. The molecule has 0 saturated heterocycles. The van der Waals surface area contributed by atoms with Gasteiger partial charge in [0.1, 0.15) is 0 Å². The molecule has 4 aromatic rings. The molecule has 0 amide bonds. The Hall–Kier alpha value is -4.41. The van der Waals surface area contributed by atoms with E-state index in [0.717, 1.165) is 27.5 Å². The first-order chi connectivity index (χ1) is 16.5. The monoisotopic (exact) mass is 463 g/mol. The van der Waals surface area contributed by atoms with Crippen LogP contribution in [0.4, 0.5) is 0 Å². The Morgan fingerprint density at radius 3 is 2.79 bits per heavy atom. The minimum Gasteiger partial charge on any atom is -0.461 e. The van der Waals surface area contributed by atoms with Crippen LogP contribution < -0.4 is 9.47 Å². The molecule has 174 valence electrons. The second-order valence-corrected chi connectivity index (χ2v) is 7.76. The fraction of sp³-hybridized carbons (Fsp3) is 0.261. The summed E-state index contributed by atoms with van der Waals surface area (Å²) in [6, 6.07) is 10.9. The maximum atomic E-state index is 12.8. The normalized spacial score (nSPS) is 12.2. The minimum atomic E-state index is -0.647. The summed E-state index contributed by atoms with van der Waals surface area (Å²) in [4.78, 5) is 26.0. The highest BCUT2D eigenvalue weighted by Crippen LogP contribution is 2.33. The van der Waals surface area contributed by atoms with Crippen LogP contribution in [0.25, 0.3) is 11.6 Å². The van der Waals surface area contributed by atoms with Gasteiger partial charge in [-0.05, 0) is 55.0 Å². The molecular weight excluding hydrogens is 442 g/mol. The lowest BCUT2D eigenvalue weighted by atomic mass is 10.1. The number of hydrogen-bond donors (Lipinski definition) is 0. The predicted octanol–water partition coefficient (Wildman–Crippen LogP) is 2.55. The van der Waals surface area contributed by atoms with E-state index in [4.69, 9.17) is 18.6 Å². The topological polar surface area (TPSA) is 124 Å². The average Bonchev–Trinajstić information content (AvgIpc) is 3.62. The third-order valence-electron chi connectivity index (χ3n) is 5.48. The van der Waals surface area contributed by atoms with Gasteiger partial charge in [0.05, 0.1) is 6.26 Å². The zero-order valence-electron chi connectivity index (χ0n) is 18.6. The quantitative estimate of drug-likeness (QED) is 0.286. The zero-order valence-corrected chi connectivity index (χ0v) is 18.6. The number of Topliss-reactive ketones (excluding diaryl/α,β-unsaturated/α-hetero) is 1. The fourth-order valence-corrected chi connectivity index (χ4v) is 3.75. The van der Waals surface area contributed by atoms with E-state index in [1.54, 1.807) is 18.2 Å². The molecule has 34 heavy (non-hydrogen) atoms. The van der Waals surface area contributed by atoms with Gasteiger partial charge in [-0.3, -0.25) is 4.79 Å². The van der Waals surface area contributed by atoms with Crippen molar-refractivity contribution in [2.24, 2.45) is 0 Å². The molecule has 1 aromatic carbocycles. The highest BCUT2D eigenvalue weighted by Gasteiger charge is 2.19. The van der Waals surface area contributed by atoms with Gasteiger partial charge in [-0.1, -0.05) is 6.07 Å². The smallest absolute Gasteiger partial charge is 0.330 e. The van der Waals surface area contributed by atoms with E-state index in [-0.39, 0.29) is 31.6 Å². The number of carbonyl (C=O) groups is 2. The zero-order chi connectivity index (χ0) is 23.7. The van der Waals surface area contributed by atoms with Crippen LogP contribution in [0.2, 0.25) is 0 Å². The van der Waals surface area contributed by atoms with E-state index in [2.05, 4.69) is 15.4 Å². The molecule has 1 aliphatic heterocycles. The molecule has 11 heteroatoms. The van der Waals surface area contributed by atoms with Crippen molar-refractivity contribution in [2.45, 2.75) is 26.9 Å². The third kappa shape index (κ3) is 4.27. The number of ether oxygens (including phenoxy) is 3. The van der Waals surface area contributed by atoms with Crippen molar-refractivity contribution in [3.63, 3.8) is 0 Å². The van der Waals surface area contributed by atoms with E-state index >= 15 is 0 Å². The Morgan fingerprint density at radius 1 is 1.12 bits per heavy atom. The molecule has 0 bridgehead atoms. The Balaban J connectivity index is 1.20. The largest absolute Gasteiger partial charge is 0.461 e. The fourth-order valence-electron chi connectivity index (χ4n) is 3.75. The molecule has 1 aliphatic rings. The van der Waals surface area contributed by atoms with Crippen LogP contribution in [-0.2, 0) is 22.6 Å². The highest BCUT2D eigenvalue weighted by atomic mass is 16.7. The number of aryl methyl sites for hydroxylation is 1. The van der Waals surface area contributed by atoms with E-state index in [1.165, 1.54) is 6.26 Å². The van der Waals surface area contributed by atoms with E-state index in [0.29, 0.717) is 23.6 Å². The first-order valence-electron chi connectivity index (χ1n) is 10.5. The summed E-state index contributed by atoms with van der Waals surface area (Å²) in [6.07, 6.45) is 1.49. The number of aromatic nitrogens is 5. The van der Waals surface area contributed by atoms with Gasteiger partial charge < -0.3 is 23.2 Å². The van der Waals surface area contributed by atoms with Crippen molar-refractivity contribution in [2.75, 3.05) is 13.4 Å². The number of hydrogen-bond acceptors (Lipinski definition) is 9. The molecule has 0 atom stereocenters. The number of rotatable bonds is 8. The Morgan fingerprint density at radius 2 is 1.97 bits per heavy atom. The molecule has 0 spiro atoms. The maximum absolute atomic E-state index is 12.8. The number of carbonyl (C=O) groups excluding carboxylic acids is 2. The van der Waals surface area contributed by atoms with Gasteiger partial charge in [-0.25, -0.2) is 4.79 Å². The SMILES string of the molecule is Cc1cc(C(=O)COC(=O)Cn2nnc(-c3ccco3)n2)c(C)n1Cc1ccc2c(c1)OCO2. The number of benzene rings is 1. The number of nitrogens with zero attached hydrogens (tertiary/aromatic N) is 5. The molecule has 0 fully saturated rings. The van der Waals surface area contributed by atoms with Gasteiger partial charge >= 0.3 is 5.97 Å². The molecule has 11 nitrogen and oxygen atoms in total. The molecular formula is C23H21N5O6. The second-order valence-electron chi connectivity index (χ2n) is 7.76. The van der Waals surface area contributed by atoms with E-state index < -0.39 is 5.97 Å². The number of fused-ring (bicyclic) bond motifs is 1. The Kier molecular flexibility index (Phi) is 5.58. The lowest BCUT2D eigenvalue weighted by molar-refractivity contribution is -0.143. The molecule has 0 radical (unpaired) electrons. The lowest BCUT2D eigenvalue weighted by Crippen LogP contribution is -2.20. The van der Waals surface area contributed by atoms with Crippen LogP contribution in [0.3, 0.4) is 0 Å². The van der Waals surface area contributed by atoms with Gasteiger partial charge in [0.25, 0.3) is 0 Å². The molecule has 3 aromatic heterocycles. The standard InChI is InChI=1S/C23H21N5O6/c1-14-8-17(15(2)27(14)10-16-5-6-19-21(9-16)34-13-33-19)18(29)12-32-22(30)11-28-25-23(24-26-28)20-4-3-7-31-20/h3-9H,10-13H2,1-2H3. The predicted molar refractivity (Wildman–Crippen MR) is 116 cm³/mol. The maximum Gasteiger partial charge on any atom is 0.330 e. The minimum absolute atomic E-state index is 0.218. The van der Waals surface area contributed by atoms with Crippen LogP contribution in [0.15, 0.2) is 47.1 Å². The van der Waals surface area contributed by atoms with Gasteiger partial charge in [0.15, 0.2) is 30.4 Å². The second kappa shape index (κ2) is 8.85. The lowest BCUT2D eigenvalue weighted by Gasteiger charge is -2.11. The van der Waals surface area contributed by atoms with Gasteiger partial charge in [-0.15, -0.1) is 10.2 Å². The number of ketones is 1. The first-order valence-corrected chi connectivity index (χ1v) is 10.5. The average molecular weight is 463 g/mol. The number of furan rings is 1. The number of esters is 1.